The van der Waals surface area contributed by atoms with Crippen LogP contribution in [-0.4, -0.2) is 34.8 Å². The number of aromatic nitrogens is 1. The van der Waals surface area contributed by atoms with E-state index in [1.54, 1.807) is 19.9 Å². The van der Waals surface area contributed by atoms with Gasteiger partial charge in [0.2, 0.25) is 0 Å². The van der Waals surface area contributed by atoms with Gasteiger partial charge in [0.25, 0.3) is 5.91 Å². The number of pyridine rings is 1. The fourth-order valence-corrected chi connectivity index (χ4v) is 3.91. The van der Waals surface area contributed by atoms with Crippen LogP contribution in [0.25, 0.3) is 0 Å². The topological polar surface area (TPSA) is 92.2 Å². The highest BCUT2D eigenvalue weighted by molar-refractivity contribution is 8.00. The van der Waals surface area contributed by atoms with Gasteiger partial charge in [-0.15, -0.1) is 11.8 Å². The van der Waals surface area contributed by atoms with E-state index in [-0.39, 0.29) is 33.7 Å². The van der Waals surface area contributed by atoms with Crippen LogP contribution in [0.1, 0.15) is 31.3 Å². The molecule has 1 amide bonds. The molecule has 2 aromatic rings. The number of thioether (sulfide) groups is 2. The molecule has 0 saturated heterocycles. The minimum absolute atomic E-state index is 0.0329. The second-order valence-electron chi connectivity index (χ2n) is 6.81. The summed E-state index contributed by atoms with van der Waals surface area (Å²) in [5.41, 5.74) is 0.847. The van der Waals surface area contributed by atoms with Gasteiger partial charge >= 0.3 is 5.51 Å². The molecule has 1 aromatic carbocycles. The standard InChI is InChI=1S/C20H21F3N4O2S2/c1-5-30-16-8-12(29-19(2,3)11-24)10-26-17(16)18(28)27(4)15-7-6-13(9-14(15)25)31-20(21,22)23/h6-10H,5,25H2,1-4H3. The van der Waals surface area contributed by atoms with Gasteiger partial charge in [-0.05, 0) is 55.6 Å². The van der Waals surface area contributed by atoms with Crippen LogP contribution in [0.5, 0.6) is 5.75 Å². The first-order chi connectivity index (χ1) is 14.4. The van der Waals surface area contributed by atoms with E-state index in [0.717, 1.165) is 0 Å². The molecule has 0 aliphatic carbocycles. The quantitative estimate of drug-likeness (QED) is 0.431. The molecular formula is C20H21F3N4O2S2. The lowest BCUT2D eigenvalue weighted by Gasteiger charge is -2.22. The average Bonchev–Trinajstić information content (AvgIpc) is 2.66. The van der Waals surface area contributed by atoms with E-state index in [4.69, 9.17) is 15.7 Å². The highest BCUT2D eigenvalue weighted by Crippen LogP contribution is 2.39. The smallest absolute Gasteiger partial charge is 0.446 e. The molecule has 6 nitrogen and oxygen atoms in total. The van der Waals surface area contributed by atoms with Crippen LogP contribution in [-0.2, 0) is 0 Å². The van der Waals surface area contributed by atoms with Gasteiger partial charge in [-0.25, -0.2) is 4.98 Å². The summed E-state index contributed by atoms with van der Waals surface area (Å²) in [5, 5.41) is 9.14. The predicted octanol–water partition coefficient (Wildman–Crippen LogP) is 5.35. The van der Waals surface area contributed by atoms with Crippen molar-refractivity contribution in [2.45, 2.75) is 41.7 Å². The fourth-order valence-electron chi connectivity index (χ4n) is 2.53. The maximum atomic E-state index is 13.1. The Morgan fingerprint density at radius 2 is 2.00 bits per heavy atom. The van der Waals surface area contributed by atoms with Crippen molar-refractivity contribution < 1.29 is 22.7 Å². The molecule has 1 heterocycles. The molecule has 2 rings (SSSR count). The Kier molecular flexibility index (Phi) is 7.72. The molecule has 0 saturated carbocycles. The number of carbonyl (C=O) groups is 1. The summed E-state index contributed by atoms with van der Waals surface area (Å²) in [4.78, 5) is 19.0. The number of nitriles is 1. The fraction of sp³-hybridized carbons (Fsp3) is 0.350. The van der Waals surface area contributed by atoms with Crippen LogP contribution in [0.2, 0.25) is 0 Å². The van der Waals surface area contributed by atoms with Gasteiger partial charge in [-0.2, -0.15) is 18.4 Å². The second-order valence-corrected chi connectivity index (χ2v) is 9.25. The molecule has 2 N–H and O–H groups in total. The molecule has 0 aliphatic heterocycles. The lowest BCUT2D eigenvalue weighted by Crippen LogP contribution is -2.29. The van der Waals surface area contributed by atoms with Crippen molar-refractivity contribution in [3.05, 3.63) is 36.2 Å². The molecule has 1 aromatic heterocycles. The van der Waals surface area contributed by atoms with E-state index < -0.39 is 17.0 Å². The summed E-state index contributed by atoms with van der Waals surface area (Å²) in [6, 6.07) is 7.45. The zero-order valence-corrected chi connectivity index (χ0v) is 18.9. The average molecular weight is 471 g/mol. The van der Waals surface area contributed by atoms with E-state index in [0.29, 0.717) is 16.4 Å². The molecule has 0 spiro atoms. The third kappa shape index (κ3) is 6.70. The third-order valence-electron chi connectivity index (χ3n) is 3.87. The number of hydrogen-bond donors (Lipinski definition) is 1. The Morgan fingerprint density at radius 1 is 1.32 bits per heavy atom. The number of hydrogen-bond acceptors (Lipinski definition) is 7. The zero-order chi connectivity index (χ0) is 23.4. The van der Waals surface area contributed by atoms with E-state index in [9.17, 15) is 18.0 Å². The van der Waals surface area contributed by atoms with E-state index in [1.807, 2.05) is 13.0 Å². The van der Waals surface area contributed by atoms with Crippen molar-refractivity contribution in [2.24, 2.45) is 0 Å². The Morgan fingerprint density at radius 3 is 2.55 bits per heavy atom. The summed E-state index contributed by atoms with van der Waals surface area (Å²) in [6.45, 7) is 5.12. The number of ether oxygens (including phenoxy) is 1. The van der Waals surface area contributed by atoms with Crippen LogP contribution in [0.15, 0.2) is 40.3 Å². The summed E-state index contributed by atoms with van der Waals surface area (Å²) in [6.07, 6.45) is 1.35. The molecule has 0 aliphatic rings. The van der Waals surface area contributed by atoms with E-state index in [2.05, 4.69) is 4.98 Å². The largest absolute Gasteiger partial charge is 0.471 e. The molecule has 0 bridgehead atoms. The van der Waals surface area contributed by atoms with Gasteiger partial charge in [-0.3, -0.25) is 4.79 Å². The van der Waals surface area contributed by atoms with Crippen molar-refractivity contribution in [3.63, 3.8) is 0 Å². The van der Waals surface area contributed by atoms with Crippen molar-refractivity contribution >= 4 is 40.8 Å². The highest BCUT2D eigenvalue weighted by Gasteiger charge is 2.30. The maximum absolute atomic E-state index is 13.1. The Hall–Kier alpha value is -2.58. The first-order valence-corrected chi connectivity index (χ1v) is 10.8. The summed E-state index contributed by atoms with van der Waals surface area (Å²) >= 11 is 1.09. The third-order valence-corrected chi connectivity index (χ3v) is 5.50. The van der Waals surface area contributed by atoms with Crippen LogP contribution in [0.4, 0.5) is 24.5 Å². The van der Waals surface area contributed by atoms with Gasteiger partial charge in [0.05, 0.1) is 17.6 Å². The molecule has 31 heavy (non-hydrogen) atoms. The number of alkyl halides is 3. The summed E-state index contributed by atoms with van der Waals surface area (Å²) in [5.74, 6) is 0.516. The molecule has 0 fully saturated rings. The highest BCUT2D eigenvalue weighted by atomic mass is 32.2. The Bertz CT molecular complexity index is 1010. The molecule has 11 heteroatoms. The monoisotopic (exact) mass is 470 g/mol. The van der Waals surface area contributed by atoms with Crippen LogP contribution >= 0.6 is 23.5 Å². The molecular weight excluding hydrogens is 449 g/mol. The van der Waals surface area contributed by atoms with Crippen LogP contribution in [0, 0.1) is 11.3 Å². The number of nitrogens with zero attached hydrogens (tertiary/aromatic N) is 3. The summed E-state index contributed by atoms with van der Waals surface area (Å²) < 4.78 is 43.3. The van der Waals surface area contributed by atoms with Crippen molar-refractivity contribution in [1.82, 2.24) is 4.98 Å². The van der Waals surface area contributed by atoms with Crippen molar-refractivity contribution in [2.75, 3.05) is 23.4 Å². The normalized spacial score (nSPS) is 11.7. The van der Waals surface area contributed by atoms with E-state index >= 15 is 0 Å². The number of nitrogen functional groups attached to an aromatic ring is 1. The minimum Gasteiger partial charge on any atom is -0.471 e. The van der Waals surface area contributed by atoms with Crippen molar-refractivity contribution in [1.29, 1.82) is 5.26 Å². The van der Waals surface area contributed by atoms with E-state index in [1.165, 1.54) is 48.1 Å². The Labute approximate surface area is 187 Å². The molecule has 166 valence electrons. The maximum Gasteiger partial charge on any atom is 0.446 e. The number of carbonyl (C=O) groups excluding carboxylic acids is 1. The first kappa shape index (κ1) is 24.7. The SMILES string of the molecule is CCSc1cc(OC(C)(C)C#N)cnc1C(=O)N(C)c1ccc(SC(F)(F)F)cc1N. The predicted molar refractivity (Wildman–Crippen MR) is 116 cm³/mol. The number of rotatable bonds is 7. The van der Waals surface area contributed by atoms with Crippen molar-refractivity contribution in [3.8, 4) is 11.8 Å². The van der Waals surface area contributed by atoms with Gasteiger partial charge < -0.3 is 15.4 Å². The minimum atomic E-state index is -4.43. The number of amides is 1. The van der Waals surface area contributed by atoms with Crippen LogP contribution in [0.3, 0.4) is 0 Å². The van der Waals surface area contributed by atoms with Gasteiger partial charge in [0, 0.05) is 16.8 Å². The Balaban J connectivity index is 2.34. The summed E-state index contributed by atoms with van der Waals surface area (Å²) in [7, 11) is 1.47. The lowest BCUT2D eigenvalue weighted by molar-refractivity contribution is -0.0328. The van der Waals surface area contributed by atoms with Gasteiger partial charge in [0.1, 0.15) is 17.5 Å². The molecule has 0 atom stereocenters. The van der Waals surface area contributed by atoms with Crippen LogP contribution < -0.4 is 15.4 Å². The number of benzene rings is 1. The first-order valence-electron chi connectivity index (χ1n) is 9.03. The number of anilines is 2. The molecule has 0 radical (unpaired) electrons. The van der Waals surface area contributed by atoms with Gasteiger partial charge in [-0.1, -0.05) is 6.92 Å². The number of nitrogens with two attached hydrogens (primary N) is 1. The zero-order valence-electron chi connectivity index (χ0n) is 17.3. The van der Waals surface area contributed by atoms with Gasteiger partial charge in [0.15, 0.2) is 5.60 Å². The molecule has 0 unspecified atom stereocenters. The number of halogens is 3. The lowest BCUT2D eigenvalue weighted by atomic mass is 10.2. The second kappa shape index (κ2) is 9.70.